The molecule has 0 aliphatic carbocycles. The Morgan fingerprint density at radius 3 is 1.25 bits per heavy atom. The molecule has 28 heteroatoms. The van der Waals surface area contributed by atoms with Gasteiger partial charge in [0.2, 0.25) is 18.2 Å². The zero-order valence-electron chi connectivity index (χ0n) is 53.2. The first-order valence-corrected chi connectivity index (χ1v) is 32.8. The molecule has 0 saturated carbocycles. The summed E-state index contributed by atoms with van der Waals surface area (Å²) >= 11 is 1.63. The van der Waals surface area contributed by atoms with E-state index in [1.54, 1.807) is 72.8 Å². The average molecular weight is 1360 g/mol. The second kappa shape index (κ2) is 34.6. The van der Waals surface area contributed by atoms with Gasteiger partial charge in [0.05, 0.1) is 47.2 Å². The highest BCUT2D eigenvalue weighted by Crippen LogP contribution is 2.40. The van der Waals surface area contributed by atoms with Crippen LogP contribution in [0.3, 0.4) is 0 Å². The summed E-state index contributed by atoms with van der Waals surface area (Å²) in [7, 11) is 0. The van der Waals surface area contributed by atoms with E-state index in [4.69, 9.17) is 49.4 Å². The van der Waals surface area contributed by atoms with E-state index in [0.29, 0.717) is 68.1 Å². The molecule has 518 valence electrons. The van der Waals surface area contributed by atoms with Crippen LogP contribution in [0.1, 0.15) is 172 Å². The highest BCUT2D eigenvalue weighted by Gasteiger charge is 2.43. The number of aromatic amines is 2. The minimum atomic E-state index is -0.755. The lowest BCUT2D eigenvalue weighted by atomic mass is 10.0. The van der Waals surface area contributed by atoms with Crippen LogP contribution in [0.25, 0.3) is 20.7 Å². The molecule has 95 heavy (non-hydrogen) atoms. The van der Waals surface area contributed by atoms with Crippen LogP contribution >= 0.6 is 22.7 Å². The first-order chi connectivity index (χ1) is 44.4. The van der Waals surface area contributed by atoms with E-state index < -0.39 is 54.3 Å². The number of hydrogen-bond donors (Lipinski definition) is 6. The van der Waals surface area contributed by atoms with Gasteiger partial charge in [0.1, 0.15) is 40.2 Å². The van der Waals surface area contributed by atoms with Crippen LogP contribution in [0.2, 0.25) is 0 Å². The number of esters is 4. The van der Waals surface area contributed by atoms with Crippen LogP contribution in [0.5, 0.6) is 0 Å². The summed E-state index contributed by atoms with van der Waals surface area (Å²) in [6, 6.07) is 26.5. The summed E-state index contributed by atoms with van der Waals surface area (Å²) < 4.78 is 48.3. The van der Waals surface area contributed by atoms with Crippen molar-refractivity contribution in [3.05, 3.63) is 148 Å². The zero-order valence-corrected chi connectivity index (χ0v) is 54.9. The number of aliphatic hydroxyl groups excluding tert-OH is 2. The highest BCUT2D eigenvalue weighted by atomic mass is 32.1. The quantitative estimate of drug-likeness (QED) is 0.0365. The summed E-state index contributed by atoms with van der Waals surface area (Å²) in [4.78, 5) is 109. The summed E-state index contributed by atoms with van der Waals surface area (Å²) in [6.07, 6.45) is -0.306. The van der Waals surface area contributed by atoms with Crippen molar-refractivity contribution in [3.8, 4) is 0 Å². The first-order valence-electron chi connectivity index (χ1n) is 31.2. The lowest BCUT2D eigenvalue weighted by molar-refractivity contribution is -0.184. The van der Waals surface area contributed by atoms with Crippen LogP contribution in [0.15, 0.2) is 110 Å². The van der Waals surface area contributed by atoms with E-state index in [9.17, 15) is 48.6 Å². The Labute approximate surface area is 558 Å². The van der Waals surface area contributed by atoms with Crippen molar-refractivity contribution in [2.75, 3.05) is 11.5 Å². The predicted molar refractivity (Wildman–Crippen MR) is 360 cm³/mol. The van der Waals surface area contributed by atoms with E-state index in [2.05, 4.69) is 19.9 Å². The minimum Gasteiger partial charge on any atom is -0.456 e. The number of hydrogen-bond acceptors (Lipinski definition) is 24. The van der Waals surface area contributed by atoms with Gasteiger partial charge in [0, 0.05) is 30.6 Å². The normalized spacial score (nSPS) is 24.7. The van der Waals surface area contributed by atoms with Gasteiger partial charge in [-0.2, -0.15) is 9.97 Å². The molecule has 0 spiro atoms. The number of nitrogens with one attached hydrogen (secondary N) is 2. The van der Waals surface area contributed by atoms with Gasteiger partial charge in [-0.1, -0.05) is 148 Å². The lowest BCUT2D eigenvalue weighted by Gasteiger charge is -2.23. The van der Waals surface area contributed by atoms with Gasteiger partial charge in [-0.25, -0.2) is 14.4 Å². The minimum absolute atomic E-state index is 0. The van der Waals surface area contributed by atoms with Crippen LogP contribution in [-0.4, -0.2) is 125 Å². The summed E-state index contributed by atoms with van der Waals surface area (Å²) in [6.45, 7) is 16.8. The number of thiazole rings is 2. The molecular weight excluding hydrogens is 1270 g/mol. The molecule has 4 fully saturated rings. The Kier molecular flexibility index (Phi) is 27.7. The standard InChI is InChI=1S/C20H22N4O5S.C17H22O5.C15H20O4.C13H18N4O4S.2CH4/c1-3-12(29-18(26)11-7-5-4-6-8-11)13-9-10(2)17(28-13)24-15-14(30-20(24)27)16(25)23-19(21)22-15;1-4-14(21-16(19)13-8-6-5-7-9-13)15-10-11(2)17(22-15)20-12(3)18;1-3-12(13-9-10(2)14(16)19-13)18-15(17)11-7-5-4-6-8-11;1-3-6(18)7-4-5(2)11(21-7)17-9-8(22-13(17)20)10(19)16-12(14)15-9;;/h4-8,10,12-13,17H,3,9H2,1-2H3,(H3,21,22,23,25);5-9,11,14-15,17H,4,10H2,1-3H3;4-8,10,12-14,16H,3,9H2,1-2H3;5-7,11,18H,3-4H2,1-2H3,(H3,14,15,16,19);2*1H4/t10-,12+,13+,17-;11-,14+,15+,17?;10-,12+,13+,14?;5-,6+,7+,11-;;/m1111../s1. The van der Waals surface area contributed by atoms with E-state index in [1.807, 2.05) is 73.6 Å². The number of nitrogens with zero attached hydrogens (tertiary/aromatic N) is 4. The smallest absolute Gasteiger partial charge is 0.338 e. The Morgan fingerprint density at radius 1 is 0.547 bits per heavy atom. The Morgan fingerprint density at radius 2 is 0.895 bits per heavy atom. The van der Waals surface area contributed by atoms with Crippen LogP contribution in [-0.2, 0) is 42.7 Å². The predicted octanol–water partition coefficient (Wildman–Crippen LogP) is 9.28. The molecule has 8 heterocycles. The van der Waals surface area contributed by atoms with E-state index >= 15 is 0 Å². The number of aromatic nitrogens is 6. The molecule has 0 radical (unpaired) electrons. The molecule has 8 N–H and O–H groups in total. The van der Waals surface area contributed by atoms with Gasteiger partial charge in [-0.3, -0.25) is 43.1 Å². The van der Waals surface area contributed by atoms with Crippen LogP contribution < -0.4 is 32.3 Å². The maximum atomic E-state index is 12.6. The SMILES string of the molecule is C.C.CC[C@H](O)[C@@H]1C[C@@H](C)[C@H](n2c(=O)sc3c(=O)[nH]c(N)nc32)O1.CC[C@H](OC(=O)c1ccccc1)[C@@H]1C[C@@H](C)C(O)O1.CC[C@H](OC(=O)c1ccccc1)[C@@H]1C[C@@H](C)C(OC(C)=O)O1.CC[C@H](OC(=O)c1ccccc1)[C@@H]1C[C@@H](C)[C@H](n2c(=O)sc3c(=O)[nH]c(N)nc32)O1. The van der Waals surface area contributed by atoms with Gasteiger partial charge < -0.3 is 59.6 Å². The molecule has 0 bridgehead atoms. The number of fused-ring (bicyclic) bond motifs is 2. The molecule has 4 aliphatic heterocycles. The fourth-order valence-electron chi connectivity index (χ4n) is 11.5. The van der Waals surface area contributed by atoms with Crippen LogP contribution in [0.4, 0.5) is 11.9 Å². The molecule has 11 rings (SSSR count). The largest absolute Gasteiger partial charge is 0.456 e. The number of H-pyrrole nitrogens is 2. The fraction of sp³-hybridized carbons (Fsp3) is 0.522. The van der Waals surface area contributed by atoms with Gasteiger partial charge in [-0.05, 0) is 87.8 Å². The van der Waals surface area contributed by atoms with Crippen molar-refractivity contribution in [2.24, 2.45) is 23.7 Å². The number of ether oxygens (including phenoxy) is 8. The second-order valence-corrected chi connectivity index (χ2v) is 25.4. The van der Waals surface area contributed by atoms with Gasteiger partial charge >= 0.3 is 33.6 Å². The van der Waals surface area contributed by atoms with Crippen molar-refractivity contribution in [2.45, 2.75) is 202 Å². The topological polar surface area (TPSA) is 370 Å². The van der Waals surface area contributed by atoms with Gasteiger partial charge in [-0.15, -0.1) is 0 Å². The third-order valence-electron chi connectivity index (χ3n) is 16.5. The molecule has 26 nitrogen and oxygen atoms in total. The Balaban J connectivity index is 0.000000202. The Hall–Kier alpha value is -7.96. The van der Waals surface area contributed by atoms with E-state index in [0.717, 1.165) is 22.7 Å². The zero-order chi connectivity index (χ0) is 67.4. The van der Waals surface area contributed by atoms with Gasteiger partial charge in [0.25, 0.3) is 11.1 Å². The monoisotopic (exact) mass is 1360 g/mol. The van der Waals surface area contributed by atoms with Crippen molar-refractivity contribution in [3.63, 3.8) is 0 Å². The number of rotatable bonds is 17. The first kappa shape index (κ1) is 76.1. The number of carbonyl (C=O) groups excluding carboxylic acids is 4. The molecule has 7 aromatic rings. The highest BCUT2D eigenvalue weighted by molar-refractivity contribution is 7.16. The number of nitrogen functional groups attached to an aromatic ring is 2. The lowest BCUT2D eigenvalue weighted by Crippen LogP contribution is -2.31. The van der Waals surface area contributed by atoms with Crippen molar-refractivity contribution < 1.29 is 67.3 Å². The van der Waals surface area contributed by atoms with Crippen molar-refractivity contribution >= 4 is 79.1 Å². The number of aliphatic hydroxyl groups is 2. The maximum absolute atomic E-state index is 12.6. The molecule has 4 saturated heterocycles. The molecule has 0 amide bonds. The molecular formula is C67H90N8O18S2. The molecule has 2 unspecified atom stereocenters. The van der Waals surface area contributed by atoms with Crippen molar-refractivity contribution in [1.82, 2.24) is 29.1 Å². The summed E-state index contributed by atoms with van der Waals surface area (Å²) in [5.41, 5.74) is 12.3. The summed E-state index contributed by atoms with van der Waals surface area (Å²) in [5.74, 6) is -1.48. The number of benzene rings is 3. The number of nitrogens with two attached hydrogens (primary N) is 2. The maximum Gasteiger partial charge on any atom is 0.338 e. The van der Waals surface area contributed by atoms with Crippen LogP contribution in [0, 0.1) is 23.7 Å². The van der Waals surface area contributed by atoms with E-state index in [-0.39, 0.29) is 135 Å². The fourth-order valence-corrected chi connectivity index (χ4v) is 13.2. The summed E-state index contributed by atoms with van der Waals surface area (Å²) in [5, 5.41) is 19.6. The van der Waals surface area contributed by atoms with E-state index in [1.165, 1.54) is 16.1 Å². The third kappa shape index (κ3) is 18.7. The Bertz CT molecular complexity index is 3890. The molecule has 3 aromatic carbocycles. The molecule has 16 atom stereocenters. The molecule has 4 aliphatic rings. The third-order valence-corrected chi connectivity index (χ3v) is 18.4. The second-order valence-electron chi connectivity index (χ2n) is 23.5. The average Bonchev–Trinajstić information content (AvgIpc) is 1.62. The number of anilines is 2. The van der Waals surface area contributed by atoms with Crippen molar-refractivity contribution in [1.29, 1.82) is 0 Å². The number of carbonyl (C=O) groups is 4. The molecule has 4 aromatic heterocycles. The van der Waals surface area contributed by atoms with Gasteiger partial charge in [0.15, 0.2) is 17.6 Å².